The molecule has 0 spiro atoms. The summed E-state index contributed by atoms with van der Waals surface area (Å²) in [7, 11) is -1.78. The molecule has 0 aromatic carbocycles. The molecule has 0 amide bonds. The van der Waals surface area contributed by atoms with Gasteiger partial charge in [0.1, 0.15) is 0 Å². The normalized spacial score (nSPS) is 29.3. The molecule has 1 aliphatic rings. The van der Waals surface area contributed by atoms with Gasteiger partial charge in [-0.2, -0.15) is 0 Å². The monoisotopic (exact) mass is 243 g/mol. The Balaban J connectivity index is 0.00000169. The van der Waals surface area contributed by atoms with Crippen molar-refractivity contribution in [2.24, 2.45) is 5.73 Å². The standard InChI is InChI=1S/C7H13NO4S.ClH/c1-12-6(9)4-7(8)2-3-13(10,11)5-7;/h2-5,8H2,1H3;1H. The van der Waals surface area contributed by atoms with Crippen LogP contribution < -0.4 is 5.73 Å². The quantitative estimate of drug-likeness (QED) is 0.660. The van der Waals surface area contributed by atoms with E-state index in [1.54, 1.807) is 0 Å². The van der Waals surface area contributed by atoms with Crippen LogP contribution >= 0.6 is 12.4 Å². The number of esters is 1. The first-order valence-electron chi connectivity index (χ1n) is 3.93. The van der Waals surface area contributed by atoms with Crippen molar-refractivity contribution < 1.29 is 17.9 Å². The van der Waals surface area contributed by atoms with Crippen molar-refractivity contribution in [3.8, 4) is 0 Å². The predicted molar refractivity (Wildman–Crippen MR) is 54.1 cm³/mol. The van der Waals surface area contributed by atoms with E-state index in [0.29, 0.717) is 6.42 Å². The minimum atomic E-state index is -3.04. The van der Waals surface area contributed by atoms with Gasteiger partial charge in [-0.1, -0.05) is 0 Å². The van der Waals surface area contributed by atoms with Crippen LogP contribution in [-0.2, 0) is 19.4 Å². The Morgan fingerprint density at radius 2 is 2.14 bits per heavy atom. The summed E-state index contributed by atoms with van der Waals surface area (Å²) in [6, 6.07) is 0. The van der Waals surface area contributed by atoms with Crippen molar-refractivity contribution in [2.45, 2.75) is 18.4 Å². The number of hydrogen-bond donors (Lipinski definition) is 1. The number of rotatable bonds is 2. The van der Waals surface area contributed by atoms with Gasteiger partial charge in [0.15, 0.2) is 9.84 Å². The second kappa shape index (κ2) is 4.46. The molecule has 0 aromatic rings. The molecule has 14 heavy (non-hydrogen) atoms. The number of carbonyl (C=O) groups is 1. The molecule has 0 saturated carbocycles. The summed E-state index contributed by atoms with van der Waals surface area (Å²) in [4.78, 5) is 10.9. The van der Waals surface area contributed by atoms with Gasteiger partial charge in [0.2, 0.25) is 0 Å². The van der Waals surface area contributed by atoms with Crippen molar-refractivity contribution in [1.82, 2.24) is 0 Å². The summed E-state index contributed by atoms with van der Waals surface area (Å²) in [6.07, 6.45) is 0.313. The lowest BCUT2D eigenvalue weighted by Gasteiger charge is -2.19. The first-order valence-corrected chi connectivity index (χ1v) is 5.75. The molecule has 0 aromatic heterocycles. The third-order valence-electron chi connectivity index (χ3n) is 2.14. The number of sulfone groups is 1. The van der Waals surface area contributed by atoms with E-state index in [9.17, 15) is 13.2 Å². The molecule has 0 radical (unpaired) electrons. The summed E-state index contributed by atoms with van der Waals surface area (Å²) in [5, 5.41) is 0. The number of carbonyl (C=O) groups excluding carboxylic acids is 1. The fraction of sp³-hybridized carbons (Fsp3) is 0.857. The van der Waals surface area contributed by atoms with Gasteiger partial charge in [-0.15, -0.1) is 12.4 Å². The van der Waals surface area contributed by atoms with Crippen LogP contribution in [0.3, 0.4) is 0 Å². The van der Waals surface area contributed by atoms with E-state index in [2.05, 4.69) is 4.74 Å². The Hall–Kier alpha value is -0.330. The Labute approximate surface area is 89.3 Å². The van der Waals surface area contributed by atoms with Crippen LogP contribution in [0.25, 0.3) is 0 Å². The molecule has 1 aliphatic heterocycles. The number of hydrogen-bond acceptors (Lipinski definition) is 5. The van der Waals surface area contributed by atoms with Crippen LogP contribution in [0.1, 0.15) is 12.8 Å². The van der Waals surface area contributed by atoms with E-state index in [0.717, 1.165) is 0 Å². The van der Waals surface area contributed by atoms with Crippen LogP contribution in [0.2, 0.25) is 0 Å². The number of nitrogens with two attached hydrogens (primary N) is 1. The Bertz CT molecular complexity index is 316. The fourth-order valence-electron chi connectivity index (χ4n) is 1.44. The van der Waals surface area contributed by atoms with Crippen molar-refractivity contribution in [1.29, 1.82) is 0 Å². The van der Waals surface area contributed by atoms with Gasteiger partial charge in [0, 0.05) is 5.54 Å². The number of methoxy groups -OCH3 is 1. The van der Waals surface area contributed by atoms with E-state index >= 15 is 0 Å². The molecule has 1 saturated heterocycles. The molecule has 2 N–H and O–H groups in total. The summed E-state index contributed by atoms with van der Waals surface area (Å²) in [5.74, 6) is -0.505. The maximum Gasteiger partial charge on any atom is 0.307 e. The maximum atomic E-state index is 11.1. The minimum Gasteiger partial charge on any atom is -0.469 e. The summed E-state index contributed by atoms with van der Waals surface area (Å²) >= 11 is 0. The highest BCUT2D eigenvalue weighted by atomic mass is 35.5. The van der Waals surface area contributed by atoms with Gasteiger partial charge in [0.05, 0.1) is 25.0 Å². The van der Waals surface area contributed by atoms with Gasteiger partial charge in [0.25, 0.3) is 0 Å². The van der Waals surface area contributed by atoms with Gasteiger partial charge in [-0.05, 0) is 6.42 Å². The molecule has 7 heteroatoms. The Morgan fingerprint density at radius 3 is 2.50 bits per heavy atom. The van der Waals surface area contributed by atoms with Crippen LogP contribution in [0.4, 0.5) is 0 Å². The average Bonchev–Trinajstić information content (AvgIpc) is 2.25. The highest BCUT2D eigenvalue weighted by Crippen LogP contribution is 2.24. The summed E-state index contributed by atoms with van der Waals surface area (Å²) in [5.41, 5.74) is 4.82. The second-order valence-corrected chi connectivity index (χ2v) is 5.64. The van der Waals surface area contributed by atoms with Crippen molar-refractivity contribution in [3.63, 3.8) is 0 Å². The van der Waals surface area contributed by atoms with Crippen molar-refractivity contribution in [3.05, 3.63) is 0 Å². The molecule has 5 nitrogen and oxygen atoms in total. The smallest absolute Gasteiger partial charge is 0.307 e. The minimum absolute atomic E-state index is 0. The van der Waals surface area contributed by atoms with Gasteiger partial charge >= 0.3 is 5.97 Å². The lowest BCUT2D eigenvalue weighted by atomic mass is 9.96. The maximum absolute atomic E-state index is 11.1. The Kier molecular flexibility index (Phi) is 4.35. The molecule has 84 valence electrons. The van der Waals surface area contributed by atoms with Crippen LogP contribution in [0.5, 0.6) is 0 Å². The molecule has 0 aliphatic carbocycles. The molecule has 1 rings (SSSR count). The second-order valence-electron chi connectivity index (χ2n) is 3.46. The molecular weight excluding hydrogens is 230 g/mol. The van der Waals surface area contributed by atoms with E-state index in [1.807, 2.05) is 0 Å². The average molecular weight is 244 g/mol. The fourth-order valence-corrected chi connectivity index (χ4v) is 3.42. The van der Waals surface area contributed by atoms with Gasteiger partial charge in [-0.3, -0.25) is 4.79 Å². The zero-order valence-corrected chi connectivity index (χ0v) is 9.49. The van der Waals surface area contributed by atoms with Gasteiger partial charge in [-0.25, -0.2) is 8.42 Å². The first-order chi connectivity index (χ1) is 5.87. The van der Waals surface area contributed by atoms with Crippen molar-refractivity contribution >= 4 is 28.2 Å². The zero-order valence-electron chi connectivity index (χ0n) is 7.86. The summed E-state index contributed by atoms with van der Waals surface area (Å²) < 4.78 is 26.6. The third kappa shape index (κ3) is 3.43. The van der Waals surface area contributed by atoms with E-state index in [4.69, 9.17) is 5.73 Å². The first kappa shape index (κ1) is 13.7. The van der Waals surface area contributed by atoms with Crippen LogP contribution in [0.15, 0.2) is 0 Å². The van der Waals surface area contributed by atoms with E-state index in [1.165, 1.54) is 7.11 Å². The highest BCUT2D eigenvalue weighted by molar-refractivity contribution is 7.91. The number of halogens is 1. The predicted octanol–water partition coefficient (Wildman–Crippen LogP) is -0.513. The molecule has 0 bridgehead atoms. The van der Waals surface area contributed by atoms with E-state index < -0.39 is 21.3 Å². The van der Waals surface area contributed by atoms with Gasteiger partial charge < -0.3 is 10.5 Å². The van der Waals surface area contributed by atoms with Crippen molar-refractivity contribution in [2.75, 3.05) is 18.6 Å². The zero-order chi connectivity index (χ0) is 10.1. The largest absolute Gasteiger partial charge is 0.469 e. The van der Waals surface area contributed by atoms with Crippen LogP contribution in [0, 0.1) is 0 Å². The molecular formula is C7H14ClNO4S. The lowest BCUT2D eigenvalue weighted by molar-refractivity contribution is -0.141. The Morgan fingerprint density at radius 1 is 1.57 bits per heavy atom. The topological polar surface area (TPSA) is 86.5 Å². The number of ether oxygens (including phenoxy) is 1. The molecule has 1 unspecified atom stereocenters. The molecule has 1 atom stereocenters. The molecule has 1 fully saturated rings. The summed E-state index contributed by atoms with van der Waals surface area (Å²) in [6.45, 7) is 0. The highest BCUT2D eigenvalue weighted by Gasteiger charge is 2.40. The molecule has 1 heterocycles. The lowest BCUT2D eigenvalue weighted by Crippen LogP contribution is -2.43. The van der Waals surface area contributed by atoms with Crippen LogP contribution in [-0.4, -0.2) is 38.5 Å². The van der Waals surface area contributed by atoms with E-state index in [-0.39, 0.29) is 30.3 Å². The SMILES string of the molecule is COC(=O)CC1(N)CCS(=O)(=O)C1.Cl. The third-order valence-corrected chi connectivity index (χ3v) is 3.98.